The summed E-state index contributed by atoms with van der Waals surface area (Å²) in [6.07, 6.45) is 0.877. The minimum atomic E-state index is -0.537. The van der Waals surface area contributed by atoms with Gasteiger partial charge in [-0.1, -0.05) is 42.5 Å². The second-order valence-corrected chi connectivity index (χ2v) is 5.60. The normalized spacial score (nSPS) is 10.8. The molecule has 1 N–H and O–H groups in total. The molecule has 0 saturated carbocycles. The molecule has 1 amide bonds. The first-order valence-corrected chi connectivity index (χ1v) is 7.45. The predicted octanol–water partition coefficient (Wildman–Crippen LogP) is 4.25. The topological polar surface area (TPSA) is 42.0 Å². The van der Waals surface area contributed by atoms with Crippen LogP contribution in [-0.4, -0.2) is 10.9 Å². The summed E-state index contributed by atoms with van der Waals surface area (Å²) in [5.74, 6) is -1.02. The second kappa shape index (κ2) is 5.61. The van der Waals surface area contributed by atoms with Crippen molar-refractivity contribution >= 4 is 32.6 Å². The average molecular weight is 300 g/mol. The van der Waals surface area contributed by atoms with Crippen molar-refractivity contribution in [3.63, 3.8) is 0 Å². The van der Waals surface area contributed by atoms with Crippen LogP contribution in [0.1, 0.15) is 22.8 Å². The standard InChI is InChI=1S/C16H13FN2OS/c1-2-10-6-5-9-13-14(10)18-16(21-13)19-15(20)11-7-3-4-8-12(11)17/h3-9H,2H2,1H3,(H,18,19,20). The lowest BCUT2D eigenvalue weighted by Gasteiger charge is -2.02. The number of rotatable bonds is 3. The second-order valence-electron chi connectivity index (χ2n) is 4.57. The number of benzene rings is 2. The smallest absolute Gasteiger partial charge is 0.260 e. The summed E-state index contributed by atoms with van der Waals surface area (Å²) < 4.78 is 14.6. The van der Waals surface area contributed by atoms with E-state index in [0.29, 0.717) is 5.13 Å². The van der Waals surface area contributed by atoms with Crippen LogP contribution >= 0.6 is 11.3 Å². The molecule has 106 valence electrons. The molecule has 2 aromatic carbocycles. The van der Waals surface area contributed by atoms with Gasteiger partial charge in [-0.05, 0) is 30.2 Å². The molecule has 0 radical (unpaired) electrons. The molecule has 3 aromatic rings. The molecule has 0 atom stereocenters. The molecule has 3 rings (SSSR count). The van der Waals surface area contributed by atoms with Crippen LogP contribution in [0.4, 0.5) is 9.52 Å². The Hall–Kier alpha value is -2.27. The highest BCUT2D eigenvalue weighted by Gasteiger charge is 2.14. The molecule has 1 heterocycles. The first kappa shape index (κ1) is 13.7. The number of nitrogens with one attached hydrogen (secondary N) is 1. The van der Waals surface area contributed by atoms with Gasteiger partial charge >= 0.3 is 0 Å². The number of para-hydroxylation sites is 1. The van der Waals surface area contributed by atoms with Crippen molar-refractivity contribution in [1.82, 2.24) is 4.98 Å². The lowest BCUT2D eigenvalue weighted by Crippen LogP contribution is -2.13. The van der Waals surface area contributed by atoms with Gasteiger partial charge in [-0.2, -0.15) is 0 Å². The maximum Gasteiger partial charge on any atom is 0.260 e. The SMILES string of the molecule is CCc1cccc2sc(NC(=O)c3ccccc3F)nc12. The molecule has 0 aliphatic heterocycles. The van der Waals surface area contributed by atoms with Crippen LogP contribution in [0.2, 0.25) is 0 Å². The predicted molar refractivity (Wildman–Crippen MR) is 83.4 cm³/mol. The summed E-state index contributed by atoms with van der Waals surface area (Å²) in [7, 11) is 0. The number of hydrogen-bond donors (Lipinski definition) is 1. The third kappa shape index (κ3) is 2.64. The molecule has 0 aliphatic rings. The van der Waals surface area contributed by atoms with E-state index < -0.39 is 11.7 Å². The molecular weight excluding hydrogens is 287 g/mol. The number of anilines is 1. The molecular formula is C16H13FN2OS. The number of halogens is 1. The van der Waals surface area contributed by atoms with E-state index in [1.54, 1.807) is 12.1 Å². The molecule has 0 fully saturated rings. The van der Waals surface area contributed by atoms with Gasteiger partial charge in [0.2, 0.25) is 0 Å². The Kier molecular flexibility index (Phi) is 3.66. The summed E-state index contributed by atoms with van der Waals surface area (Å²) >= 11 is 1.39. The van der Waals surface area contributed by atoms with Crippen LogP contribution in [0.15, 0.2) is 42.5 Å². The van der Waals surface area contributed by atoms with Crippen LogP contribution in [0.3, 0.4) is 0 Å². The largest absolute Gasteiger partial charge is 0.298 e. The van der Waals surface area contributed by atoms with E-state index in [1.807, 2.05) is 18.2 Å². The monoisotopic (exact) mass is 300 g/mol. The number of fused-ring (bicyclic) bond motifs is 1. The lowest BCUT2D eigenvalue weighted by molar-refractivity contribution is 0.102. The Morgan fingerprint density at radius 2 is 2.05 bits per heavy atom. The van der Waals surface area contributed by atoms with E-state index in [9.17, 15) is 9.18 Å². The molecule has 0 unspecified atom stereocenters. The number of carbonyl (C=O) groups is 1. The molecule has 1 aromatic heterocycles. The minimum Gasteiger partial charge on any atom is -0.298 e. The summed E-state index contributed by atoms with van der Waals surface area (Å²) in [6.45, 7) is 2.06. The van der Waals surface area contributed by atoms with Crippen molar-refractivity contribution < 1.29 is 9.18 Å². The van der Waals surface area contributed by atoms with Gasteiger partial charge in [0.25, 0.3) is 5.91 Å². The van der Waals surface area contributed by atoms with Gasteiger partial charge in [0.05, 0.1) is 15.8 Å². The Bertz CT molecular complexity index is 813. The van der Waals surface area contributed by atoms with E-state index in [-0.39, 0.29) is 5.56 Å². The molecule has 3 nitrogen and oxygen atoms in total. The lowest BCUT2D eigenvalue weighted by atomic mass is 10.1. The van der Waals surface area contributed by atoms with Gasteiger partial charge in [0, 0.05) is 0 Å². The average Bonchev–Trinajstić information content (AvgIpc) is 2.89. The fraction of sp³-hybridized carbons (Fsp3) is 0.125. The number of amides is 1. The van der Waals surface area contributed by atoms with Crippen molar-refractivity contribution in [2.24, 2.45) is 0 Å². The van der Waals surface area contributed by atoms with Crippen molar-refractivity contribution in [3.8, 4) is 0 Å². The number of carbonyl (C=O) groups excluding carboxylic acids is 1. The zero-order chi connectivity index (χ0) is 14.8. The maximum absolute atomic E-state index is 13.6. The fourth-order valence-corrected chi connectivity index (χ4v) is 3.06. The molecule has 0 aliphatic carbocycles. The fourth-order valence-electron chi connectivity index (χ4n) is 2.15. The van der Waals surface area contributed by atoms with Crippen LogP contribution in [0.25, 0.3) is 10.2 Å². The summed E-state index contributed by atoms with van der Waals surface area (Å²) in [5.41, 5.74) is 2.05. The highest BCUT2D eigenvalue weighted by atomic mass is 32.1. The third-order valence-corrected chi connectivity index (χ3v) is 4.16. The van der Waals surface area contributed by atoms with Crippen molar-refractivity contribution in [1.29, 1.82) is 0 Å². The maximum atomic E-state index is 13.6. The van der Waals surface area contributed by atoms with Crippen LogP contribution < -0.4 is 5.32 Å². The third-order valence-electron chi connectivity index (χ3n) is 3.22. The highest BCUT2D eigenvalue weighted by Crippen LogP contribution is 2.28. The Morgan fingerprint density at radius 1 is 1.24 bits per heavy atom. The molecule has 0 spiro atoms. The van der Waals surface area contributed by atoms with Gasteiger partial charge < -0.3 is 0 Å². The van der Waals surface area contributed by atoms with Gasteiger partial charge in [0.1, 0.15) is 5.82 Å². The first-order valence-electron chi connectivity index (χ1n) is 6.63. The molecule has 0 bridgehead atoms. The van der Waals surface area contributed by atoms with Gasteiger partial charge in [0.15, 0.2) is 5.13 Å². The molecule has 5 heteroatoms. The minimum absolute atomic E-state index is 0.0208. The number of aryl methyl sites for hydroxylation is 1. The zero-order valence-corrected chi connectivity index (χ0v) is 12.2. The molecule has 0 saturated heterocycles. The Labute approximate surface area is 125 Å². The van der Waals surface area contributed by atoms with E-state index in [1.165, 1.54) is 23.5 Å². The summed E-state index contributed by atoms with van der Waals surface area (Å²) in [4.78, 5) is 16.5. The quantitative estimate of drug-likeness (QED) is 0.785. The van der Waals surface area contributed by atoms with Crippen LogP contribution in [0, 0.1) is 5.82 Å². The van der Waals surface area contributed by atoms with Crippen molar-refractivity contribution in [3.05, 3.63) is 59.4 Å². The van der Waals surface area contributed by atoms with Gasteiger partial charge in [-0.3, -0.25) is 10.1 Å². The van der Waals surface area contributed by atoms with E-state index in [2.05, 4.69) is 17.2 Å². The van der Waals surface area contributed by atoms with E-state index >= 15 is 0 Å². The van der Waals surface area contributed by atoms with Crippen molar-refractivity contribution in [2.45, 2.75) is 13.3 Å². The Balaban J connectivity index is 1.92. The summed E-state index contributed by atoms with van der Waals surface area (Å²) in [6, 6.07) is 11.9. The number of aromatic nitrogens is 1. The first-order chi connectivity index (χ1) is 10.2. The zero-order valence-electron chi connectivity index (χ0n) is 11.4. The van der Waals surface area contributed by atoms with Gasteiger partial charge in [-0.25, -0.2) is 9.37 Å². The number of thiazole rings is 1. The van der Waals surface area contributed by atoms with Crippen LogP contribution in [-0.2, 0) is 6.42 Å². The number of nitrogens with zero attached hydrogens (tertiary/aromatic N) is 1. The van der Waals surface area contributed by atoms with E-state index in [4.69, 9.17) is 0 Å². The van der Waals surface area contributed by atoms with Crippen molar-refractivity contribution in [2.75, 3.05) is 5.32 Å². The highest BCUT2D eigenvalue weighted by molar-refractivity contribution is 7.22. The van der Waals surface area contributed by atoms with Crippen LogP contribution in [0.5, 0.6) is 0 Å². The Morgan fingerprint density at radius 3 is 2.81 bits per heavy atom. The summed E-state index contributed by atoms with van der Waals surface area (Å²) in [5, 5.41) is 3.15. The molecule has 21 heavy (non-hydrogen) atoms. The van der Waals surface area contributed by atoms with E-state index in [0.717, 1.165) is 22.2 Å². The van der Waals surface area contributed by atoms with Gasteiger partial charge in [-0.15, -0.1) is 0 Å². The number of hydrogen-bond acceptors (Lipinski definition) is 3.